The normalized spacial score (nSPS) is 10.3. The fourth-order valence-electron chi connectivity index (χ4n) is 1.64. The maximum atomic E-state index is 8.75. The van der Waals surface area contributed by atoms with Gasteiger partial charge < -0.3 is 10.0 Å². The third kappa shape index (κ3) is 3.92. The van der Waals surface area contributed by atoms with Crippen molar-refractivity contribution in [3.05, 3.63) is 29.8 Å². The molecule has 0 unspecified atom stereocenters. The molecule has 0 bridgehead atoms. The molecule has 0 saturated carbocycles. The molecule has 15 heavy (non-hydrogen) atoms. The van der Waals surface area contributed by atoms with Crippen LogP contribution in [0.5, 0.6) is 0 Å². The second kappa shape index (κ2) is 6.46. The average Bonchev–Trinajstić information content (AvgIpc) is 2.27. The van der Waals surface area contributed by atoms with Crippen molar-refractivity contribution in [2.45, 2.75) is 26.2 Å². The van der Waals surface area contributed by atoms with Crippen molar-refractivity contribution in [1.82, 2.24) is 0 Å². The quantitative estimate of drug-likeness (QED) is 0.774. The minimum atomic E-state index is 0.262. The van der Waals surface area contributed by atoms with Crippen molar-refractivity contribution in [3.8, 4) is 0 Å². The smallest absolute Gasteiger partial charge is 0.0447 e. The van der Waals surface area contributed by atoms with E-state index >= 15 is 0 Å². The van der Waals surface area contributed by atoms with E-state index in [1.54, 1.807) is 0 Å². The van der Waals surface area contributed by atoms with Crippen LogP contribution in [-0.2, 0) is 6.42 Å². The van der Waals surface area contributed by atoms with Gasteiger partial charge in [-0.15, -0.1) is 0 Å². The van der Waals surface area contributed by atoms with Gasteiger partial charge in [-0.3, -0.25) is 0 Å². The maximum absolute atomic E-state index is 8.75. The van der Waals surface area contributed by atoms with E-state index in [0.717, 1.165) is 19.4 Å². The van der Waals surface area contributed by atoms with Crippen LogP contribution in [0.2, 0.25) is 0 Å². The summed E-state index contributed by atoms with van der Waals surface area (Å²) in [7, 11) is 2.06. The van der Waals surface area contributed by atoms with Crippen molar-refractivity contribution >= 4 is 5.69 Å². The summed E-state index contributed by atoms with van der Waals surface area (Å²) >= 11 is 0. The van der Waals surface area contributed by atoms with Crippen LogP contribution >= 0.6 is 0 Å². The lowest BCUT2D eigenvalue weighted by Crippen LogP contribution is -2.19. The number of aliphatic hydroxyl groups is 1. The molecular weight excluding hydrogens is 186 g/mol. The molecule has 0 atom stereocenters. The molecule has 1 aromatic carbocycles. The van der Waals surface area contributed by atoms with Gasteiger partial charge in [-0.05, 0) is 30.5 Å². The van der Waals surface area contributed by atoms with Crippen LogP contribution in [0.25, 0.3) is 0 Å². The number of anilines is 1. The van der Waals surface area contributed by atoms with Crippen molar-refractivity contribution in [3.63, 3.8) is 0 Å². The Balaban J connectivity index is 2.54. The maximum Gasteiger partial charge on any atom is 0.0447 e. The minimum Gasteiger partial charge on any atom is -0.396 e. The van der Waals surface area contributed by atoms with Crippen LogP contribution in [0.4, 0.5) is 5.69 Å². The molecule has 1 N–H and O–H groups in total. The Morgan fingerprint density at radius 1 is 1.20 bits per heavy atom. The Morgan fingerprint density at radius 3 is 2.40 bits per heavy atom. The lowest BCUT2D eigenvalue weighted by Gasteiger charge is -2.18. The van der Waals surface area contributed by atoms with E-state index in [0.29, 0.717) is 0 Å². The topological polar surface area (TPSA) is 23.5 Å². The predicted molar refractivity (Wildman–Crippen MR) is 65.4 cm³/mol. The van der Waals surface area contributed by atoms with Gasteiger partial charge in [0.05, 0.1) is 0 Å². The molecule has 0 radical (unpaired) electrons. The Bertz CT molecular complexity index is 268. The summed E-state index contributed by atoms with van der Waals surface area (Å²) < 4.78 is 0. The monoisotopic (exact) mass is 207 g/mol. The first-order valence-electron chi connectivity index (χ1n) is 5.69. The molecule has 84 valence electrons. The van der Waals surface area contributed by atoms with E-state index in [9.17, 15) is 0 Å². The van der Waals surface area contributed by atoms with Crippen LogP contribution in [0.15, 0.2) is 24.3 Å². The molecular formula is C13H21NO. The summed E-state index contributed by atoms with van der Waals surface area (Å²) in [5, 5.41) is 8.75. The van der Waals surface area contributed by atoms with Crippen molar-refractivity contribution in [2.24, 2.45) is 0 Å². The van der Waals surface area contributed by atoms with Crippen LogP contribution < -0.4 is 4.90 Å². The summed E-state index contributed by atoms with van der Waals surface area (Å²) in [6, 6.07) is 8.69. The van der Waals surface area contributed by atoms with Crippen molar-refractivity contribution < 1.29 is 5.11 Å². The van der Waals surface area contributed by atoms with E-state index < -0.39 is 0 Å². The molecule has 1 aromatic rings. The van der Waals surface area contributed by atoms with Gasteiger partial charge in [-0.1, -0.05) is 25.5 Å². The second-order valence-electron chi connectivity index (χ2n) is 3.92. The van der Waals surface area contributed by atoms with Crippen LogP contribution in [0, 0.1) is 0 Å². The zero-order chi connectivity index (χ0) is 11.1. The largest absolute Gasteiger partial charge is 0.396 e. The molecule has 0 aliphatic rings. The standard InChI is InChI=1S/C13H21NO/c1-3-5-12-6-8-13(9-7-12)14(2)10-4-11-15/h6-9,15H,3-5,10-11H2,1-2H3. The third-order valence-electron chi connectivity index (χ3n) is 2.57. The highest BCUT2D eigenvalue weighted by molar-refractivity contribution is 5.46. The molecule has 0 fully saturated rings. The summed E-state index contributed by atoms with van der Waals surface area (Å²) in [5.74, 6) is 0. The zero-order valence-corrected chi connectivity index (χ0v) is 9.74. The first kappa shape index (κ1) is 12.1. The Kier molecular flexibility index (Phi) is 5.19. The molecule has 0 saturated heterocycles. The van der Waals surface area contributed by atoms with Gasteiger partial charge in [0.1, 0.15) is 0 Å². The van der Waals surface area contributed by atoms with Crippen LogP contribution in [0.1, 0.15) is 25.3 Å². The SMILES string of the molecule is CCCc1ccc(N(C)CCCO)cc1. The van der Waals surface area contributed by atoms with Gasteiger partial charge >= 0.3 is 0 Å². The Morgan fingerprint density at radius 2 is 1.87 bits per heavy atom. The van der Waals surface area contributed by atoms with E-state index in [4.69, 9.17) is 5.11 Å². The molecule has 0 spiro atoms. The number of hydrogen-bond donors (Lipinski definition) is 1. The molecule has 0 amide bonds. The first-order valence-corrected chi connectivity index (χ1v) is 5.69. The van der Waals surface area contributed by atoms with E-state index in [1.165, 1.54) is 17.7 Å². The van der Waals surface area contributed by atoms with E-state index in [1.807, 2.05) is 0 Å². The van der Waals surface area contributed by atoms with Gasteiger partial charge in [0.15, 0.2) is 0 Å². The average molecular weight is 207 g/mol. The summed E-state index contributed by atoms with van der Waals surface area (Å²) in [4.78, 5) is 2.17. The molecule has 0 heterocycles. The number of rotatable bonds is 6. The van der Waals surface area contributed by atoms with Crippen LogP contribution in [0.3, 0.4) is 0 Å². The number of benzene rings is 1. The molecule has 0 aromatic heterocycles. The highest BCUT2D eigenvalue weighted by Gasteiger charge is 1.99. The molecule has 0 aliphatic carbocycles. The van der Waals surface area contributed by atoms with Crippen molar-refractivity contribution in [1.29, 1.82) is 0 Å². The van der Waals surface area contributed by atoms with Gasteiger partial charge in [0.25, 0.3) is 0 Å². The number of aliphatic hydroxyl groups excluding tert-OH is 1. The van der Waals surface area contributed by atoms with Gasteiger partial charge in [-0.25, -0.2) is 0 Å². The third-order valence-corrected chi connectivity index (χ3v) is 2.57. The molecule has 0 aliphatic heterocycles. The lowest BCUT2D eigenvalue weighted by molar-refractivity contribution is 0.290. The fourth-order valence-corrected chi connectivity index (χ4v) is 1.64. The number of aryl methyl sites for hydroxylation is 1. The van der Waals surface area contributed by atoms with Crippen LogP contribution in [-0.4, -0.2) is 25.3 Å². The van der Waals surface area contributed by atoms with Gasteiger partial charge in [0.2, 0.25) is 0 Å². The van der Waals surface area contributed by atoms with Gasteiger partial charge in [-0.2, -0.15) is 0 Å². The fraction of sp³-hybridized carbons (Fsp3) is 0.538. The predicted octanol–water partition coefficient (Wildman–Crippen LogP) is 2.46. The molecule has 2 nitrogen and oxygen atoms in total. The summed E-state index contributed by atoms with van der Waals surface area (Å²) in [5.41, 5.74) is 2.63. The first-order chi connectivity index (χ1) is 7.27. The number of nitrogens with zero attached hydrogens (tertiary/aromatic N) is 1. The highest BCUT2D eigenvalue weighted by atomic mass is 16.3. The van der Waals surface area contributed by atoms with Gasteiger partial charge in [0, 0.05) is 25.9 Å². The molecule has 2 heteroatoms. The number of hydrogen-bond acceptors (Lipinski definition) is 2. The van der Waals surface area contributed by atoms with E-state index in [2.05, 4.69) is 43.1 Å². The molecule has 1 rings (SSSR count). The van der Waals surface area contributed by atoms with Crippen molar-refractivity contribution in [2.75, 3.05) is 25.1 Å². The minimum absolute atomic E-state index is 0.262. The Hall–Kier alpha value is -1.02. The second-order valence-corrected chi connectivity index (χ2v) is 3.92. The summed E-state index contributed by atoms with van der Waals surface area (Å²) in [6.07, 6.45) is 3.17. The summed E-state index contributed by atoms with van der Waals surface area (Å²) in [6.45, 7) is 3.36. The zero-order valence-electron chi connectivity index (χ0n) is 9.74. The highest BCUT2D eigenvalue weighted by Crippen LogP contribution is 2.14. The lowest BCUT2D eigenvalue weighted by atomic mass is 10.1. The Labute approximate surface area is 92.5 Å². The van der Waals surface area contributed by atoms with E-state index in [-0.39, 0.29) is 6.61 Å².